The lowest BCUT2D eigenvalue weighted by molar-refractivity contribution is 0.0916. The van der Waals surface area contributed by atoms with Gasteiger partial charge in [-0.3, -0.25) is 4.79 Å². The minimum atomic E-state index is -1.26. The Morgan fingerprint density at radius 2 is 2.39 bits per heavy atom. The number of hydrogen-bond acceptors (Lipinski definition) is 3. The van der Waals surface area contributed by atoms with E-state index in [9.17, 15) is 13.6 Å². The van der Waals surface area contributed by atoms with Gasteiger partial charge in [-0.25, -0.2) is 9.37 Å². The van der Waals surface area contributed by atoms with Gasteiger partial charge in [0.05, 0.1) is 12.2 Å². The van der Waals surface area contributed by atoms with Gasteiger partial charge in [0.25, 0.3) is 5.91 Å². The van der Waals surface area contributed by atoms with Gasteiger partial charge in [-0.2, -0.15) is 4.39 Å². The predicted molar refractivity (Wildman–Crippen MR) is 60.0 cm³/mol. The Morgan fingerprint density at radius 1 is 1.61 bits per heavy atom. The van der Waals surface area contributed by atoms with E-state index in [2.05, 4.69) is 10.3 Å². The molecule has 0 radical (unpaired) electrons. The molecule has 0 saturated carbocycles. The van der Waals surface area contributed by atoms with Crippen LogP contribution < -0.4 is 5.32 Å². The molecule has 18 heavy (non-hydrogen) atoms. The van der Waals surface area contributed by atoms with Gasteiger partial charge in [0.2, 0.25) is 5.95 Å². The number of aromatic nitrogens is 1. The number of rotatable bonds is 3. The Balaban J connectivity index is 2.05. The molecule has 2 atom stereocenters. The molecule has 2 heterocycles. The summed E-state index contributed by atoms with van der Waals surface area (Å²) >= 11 is 0. The second-order valence-corrected chi connectivity index (χ2v) is 4.35. The quantitative estimate of drug-likeness (QED) is 0.834. The van der Waals surface area contributed by atoms with Gasteiger partial charge in [-0.1, -0.05) is 0 Å². The molecule has 0 aromatic carbocycles. The van der Waals surface area contributed by atoms with Crippen molar-refractivity contribution in [1.29, 1.82) is 0 Å². The maximum atomic E-state index is 13.4. The third-order valence-electron chi connectivity index (χ3n) is 3.12. The highest BCUT2D eigenvalue weighted by Gasteiger charge is 2.25. The summed E-state index contributed by atoms with van der Waals surface area (Å²) in [5, 5.41) is 2.65. The first kappa shape index (κ1) is 12.9. The predicted octanol–water partition coefficient (Wildman–Crippen LogP) is 1.51. The fourth-order valence-corrected chi connectivity index (χ4v) is 1.94. The van der Waals surface area contributed by atoms with Crippen molar-refractivity contribution >= 4 is 5.91 Å². The molecule has 1 aliphatic heterocycles. The number of carbonyl (C=O) groups is 1. The molecule has 1 aromatic heterocycles. The van der Waals surface area contributed by atoms with Crippen molar-refractivity contribution in [1.82, 2.24) is 10.3 Å². The van der Waals surface area contributed by atoms with Crippen LogP contribution in [0.25, 0.3) is 0 Å². The van der Waals surface area contributed by atoms with Gasteiger partial charge in [0.15, 0.2) is 5.82 Å². The second kappa shape index (κ2) is 5.39. The van der Waals surface area contributed by atoms with Crippen molar-refractivity contribution in [3.63, 3.8) is 0 Å². The average Bonchev–Trinajstić information content (AvgIpc) is 2.86. The van der Waals surface area contributed by atoms with Crippen molar-refractivity contribution in [2.45, 2.75) is 19.4 Å². The molecule has 0 spiro atoms. The molecule has 2 rings (SSSR count). The van der Waals surface area contributed by atoms with E-state index in [4.69, 9.17) is 4.74 Å². The molecule has 4 nitrogen and oxygen atoms in total. The van der Waals surface area contributed by atoms with Crippen LogP contribution in [0.5, 0.6) is 0 Å². The summed E-state index contributed by atoms with van der Waals surface area (Å²) in [6.45, 7) is 3.07. The van der Waals surface area contributed by atoms with Crippen molar-refractivity contribution in [3.05, 3.63) is 29.6 Å². The van der Waals surface area contributed by atoms with E-state index >= 15 is 0 Å². The van der Waals surface area contributed by atoms with Gasteiger partial charge < -0.3 is 10.1 Å². The van der Waals surface area contributed by atoms with Crippen LogP contribution in [-0.2, 0) is 4.74 Å². The summed E-state index contributed by atoms with van der Waals surface area (Å²) in [6, 6.07) is 1.02. The van der Waals surface area contributed by atoms with Crippen LogP contribution in [0.15, 0.2) is 12.3 Å². The van der Waals surface area contributed by atoms with E-state index in [1.807, 2.05) is 6.92 Å². The van der Waals surface area contributed by atoms with E-state index < -0.39 is 17.7 Å². The van der Waals surface area contributed by atoms with Crippen LogP contribution >= 0.6 is 0 Å². The largest absolute Gasteiger partial charge is 0.381 e. The Labute approximate surface area is 103 Å². The van der Waals surface area contributed by atoms with E-state index in [0.29, 0.717) is 13.2 Å². The van der Waals surface area contributed by atoms with Crippen LogP contribution in [0.4, 0.5) is 8.78 Å². The number of hydrogen-bond donors (Lipinski definition) is 1. The lowest BCUT2D eigenvalue weighted by Gasteiger charge is -2.19. The number of nitrogens with zero attached hydrogens (tertiary/aromatic N) is 1. The molecule has 0 bridgehead atoms. The highest BCUT2D eigenvalue weighted by Crippen LogP contribution is 2.17. The molecule has 6 heteroatoms. The van der Waals surface area contributed by atoms with Gasteiger partial charge in [0.1, 0.15) is 0 Å². The highest BCUT2D eigenvalue weighted by molar-refractivity contribution is 5.94. The summed E-state index contributed by atoms with van der Waals surface area (Å²) in [6.07, 6.45) is 1.92. The minimum absolute atomic E-state index is 0.143. The lowest BCUT2D eigenvalue weighted by Crippen LogP contribution is -2.38. The summed E-state index contributed by atoms with van der Waals surface area (Å²) in [7, 11) is 0. The summed E-state index contributed by atoms with van der Waals surface area (Å²) in [5.74, 6) is -2.90. The SMILES string of the molecule is CC(NC(=O)c1ccnc(F)c1F)C1CCOC1. The number of amides is 1. The van der Waals surface area contributed by atoms with Crippen LogP contribution in [0.1, 0.15) is 23.7 Å². The summed E-state index contributed by atoms with van der Waals surface area (Å²) < 4.78 is 31.5. The Kier molecular flexibility index (Phi) is 3.86. The van der Waals surface area contributed by atoms with E-state index in [-0.39, 0.29) is 17.5 Å². The van der Waals surface area contributed by atoms with Crippen molar-refractivity contribution in [3.8, 4) is 0 Å². The zero-order valence-corrected chi connectivity index (χ0v) is 9.95. The lowest BCUT2D eigenvalue weighted by atomic mass is 10.0. The summed E-state index contributed by atoms with van der Waals surface area (Å²) in [4.78, 5) is 14.9. The molecule has 98 valence electrons. The first-order valence-corrected chi connectivity index (χ1v) is 5.78. The third kappa shape index (κ3) is 2.64. The van der Waals surface area contributed by atoms with E-state index in [0.717, 1.165) is 18.7 Å². The van der Waals surface area contributed by atoms with Crippen molar-refractivity contribution in [2.75, 3.05) is 13.2 Å². The Morgan fingerprint density at radius 3 is 3.06 bits per heavy atom. The first-order chi connectivity index (χ1) is 8.59. The van der Waals surface area contributed by atoms with Crippen LogP contribution in [0, 0.1) is 17.7 Å². The van der Waals surface area contributed by atoms with Gasteiger partial charge in [0, 0.05) is 24.8 Å². The maximum absolute atomic E-state index is 13.4. The normalized spacial score (nSPS) is 20.7. The van der Waals surface area contributed by atoms with E-state index in [1.165, 1.54) is 0 Å². The van der Waals surface area contributed by atoms with Gasteiger partial charge in [-0.05, 0) is 19.4 Å². The van der Waals surface area contributed by atoms with Crippen LogP contribution in [0.3, 0.4) is 0 Å². The molecular formula is C12H14F2N2O2. The molecule has 1 fully saturated rings. The zero-order valence-electron chi connectivity index (χ0n) is 9.95. The van der Waals surface area contributed by atoms with Crippen molar-refractivity contribution in [2.24, 2.45) is 5.92 Å². The number of carbonyl (C=O) groups excluding carboxylic acids is 1. The van der Waals surface area contributed by atoms with Crippen LogP contribution in [-0.4, -0.2) is 30.1 Å². The van der Waals surface area contributed by atoms with E-state index in [1.54, 1.807) is 0 Å². The maximum Gasteiger partial charge on any atom is 0.254 e. The Hall–Kier alpha value is -1.56. The molecule has 1 saturated heterocycles. The highest BCUT2D eigenvalue weighted by atomic mass is 19.2. The standard InChI is InChI=1S/C12H14F2N2O2/c1-7(8-3-5-18-6-8)16-12(17)9-2-4-15-11(14)10(9)13/h2,4,7-8H,3,5-6H2,1H3,(H,16,17). The monoisotopic (exact) mass is 256 g/mol. The average molecular weight is 256 g/mol. The third-order valence-corrected chi connectivity index (χ3v) is 3.12. The number of nitrogens with one attached hydrogen (secondary N) is 1. The molecule has 1 N–H and O–H groups in total. The Bertz CT molecular complexity index is 448. The molecule has 1 amide bonds. The topological polar surface area (TPSA) is 51.2 Å². The fourth-order valence-electron chi connectivity index (χ4n) is 1.94. The first-order valence-electron chi connectivity index (χ1n) is 5.78. The number of pyridine rings is 1. The number of halogens is 2. The molecule has 1 aromatic rings. The molecular weight excluding hydrogens is 242 g/mol. The van der Waals surface area contributed by atoms with Crippen molar-refractivity contribution < 1.29 is 18.3 Å². The zero-order chi connectivity index (χ0) is 13.1. The minimum Gasteiger partial charge on any atom is -0.381 e. The molecule has 2 unspecified atom stereocenters. The molecule has 1 aliphatic rings. The molecule has 0 aliphatic carbocycles. The van der Waals surface area contributed by atoms with Crippen LogP contribution in [0.2, 0.25) is 0 Å². The van der Waals surface area contributed by atoms with Gasteiger partial charge in [-0.15, -0.1) is 0 Å². The van der Waals surface area contributed by atoms with Gasteiger partial charge >= 0.3 is 0 Å². The fraction of sp³-hybridized carbons (Fsp3) is 0.500. The smallest absolute Gasteiger partial charge is 0.254 e. The number of ether oxygens (including phenoxy) is 1. The second-order valence-electron chi connectivity index (χ2n) is 4.35. The summed E-state index contributed by atoms with van der Waals surface area (Å²) in [5.41, 5.74) is -0.326.